The molecule has 0 spiro atoms. The van der Waals surface area contributed by atoms with E-state index in [1.54, 1.807) is 0 Å². The normalized spacial score (nSPS) is 11.0. The molecule has 2 rings (SSSR count). The van der Waals surface area contributed by atoms with Gasteiger partial charge < -0.3 is 14.3 Å². The molecule has 0 aliphatic rings. The SMILES string of the molecule is COCc1c(C(=O)O)oc2c(F)c(Cl)ccc12. The van der Waals surface area contributed by atoms with Gasteiger partial charge >= 0.3 is 5.97 Å². The fraction of sp³-hybridized carbons (Fsp3) is 0.182. The Kier molecular flexibility index (Phi) is 3.04. The van der Waals surface area contributed by atoms with Gasteiger partial charge in [-0.05, 0) is 12.1 Å². The fourth-order valence-corrected chi connectivity index (χ4v) is 1.76. The van der Waals surface area contributed by atoms with E-state index in [1.165, 1.54) is 19.2 Å². The third-order valence-electron chi connectivity index (χ3n) is 2.34. The number of aromatic carboxylic acids is 1. The highest BCUT2D eigenvalue weighted by atomic mass is 35.5. The monoisotopic (exact) mass is 258 g/mol. The van der Waals surface area contributed by atoms with Gasteiger partial charge in [-0.25, -0.2) is 9.18 Å². The Labute approximate surface area is 101 Å². The van der Waals surface area contributed by atoms with Crippen molar-refractivity contribution in [3.63, 3.8) is 0 Å². The second kappa shape index (κ2) is 4.35. The van der Waals surface area contributed by atoms with E-state index in [9.17, 15) is 9.18 Å². The molecule has 6 heteroatoms. The molecule has 0 fully saturated rings. The predicted molar refractivity (Wildman–Crippen MR) is 58.9 cm³/mol. The fourth-order valence-electron chi connectivity index (χ4n) is 1.62. The van der Waals surface area contributed by atoms with Crippen LogP contribution in [0.3, 0.4) is 0 Å². The molecule has 2 aromatic rings. The van der Waals surface area contributed by atoms with Gasteiger partial charge in [0.05, 0.1) is 11.6 Å². The molecule has 1 N–H and O–H groups in total. The summed E-state index contributed by atoms with van der Waals surface area (Å²) in [6.45, 7) is 0.0235. The number of hydrogen-bond donors (Lipinski definition) is 1. The van der Waals surface area contributed by atoms with Gasteiger partial charge in [-0.3, -0.25) is 0 Å². The van der Waals surface area contributed by atoms with Crippen molar-refractivity contribution in [2.24, 2.45) is 0 Å². The number of halogens is 2. The van der Waals surface area contributed by atoms with Crippen LogP contribution >= 0.6 is 11.6 Å². The Morgan fingerprint density at radius 1 is 1.59 bits per heavy atom. The molecule has 90 valence electrons. The molecule has 0 unspecified atom stereocenters. The minimum absolute atomic E-state index is 0.0235. The van der Waals surface area contributed by atoms with Crippen molar-refractivity contribution in [1.29, 1.82) is 0 Å². The number of rotatable bonds is 3. The lowest BCUT2D eigenvalue weighted by molar-refractivity contribution is 0.0658. The van der Waals surface area contributed by atoms with Crippen LogP contribution < -0.4 is 0 Å². The molecular weight excluding hydrogens is 251 g/mol. The first-order chi connectivity index (χ1) is 8.06. The molecule has 0 aliphatic heterocycles. The molecule has 0 atom stereocenters. The first-order valence-corrected chi connectivity index (χ1v) is 5.05. The highest BCUT2D eigenvalue weighted by Crippen LogP contribution is 2.31. The zero-order valence-corrected chi connectivity index (χ0v) is 9.55. The molecule has 1 heterocycles. The van der Waals surface area contributed by atoms with Crippen LogP contribution in [-0.2, 0) is 11.3 Å². The maximum Gasteiger partial charge on any atom is 0.372 e. The summed E-state index contributed by atoms with van der Waals surface area (Å²) in [7, 11) is 1.41. The number of benzene rings is 1. The minimum Gasteiger partial charge on any atom is -0.475 e. The van der Waals surface area contributed by atoms with Gasteiger partial charge in [0.25, 0.3) is 0 Å². The van der Waals surface area contributed by atoms with E-state index < -0.39 is 11.8 Å². The Morgan fingerprint density at radius 3 is 2.88 bits per heavy atom. The molecule has 0 aliphatic carbocycles. The van der Waals surface area contributed by atoms with Crippen LogP contribution in [0.15, 0.2) is 16.5 Å². The summed E-state index contributed by atoms with van der Waals surface area (Å²) in [6, 6.07) is 2.85. The molecule has 0 radical (unpaired) electrons. The number of carboxylic acid groups (broad SMARTS) is 1. The minimum atomic E-state index is -1.27. The van der Waals surface area contributed by atoms with Gasteiger partial charge in [-0.1, -0.05) is 11.6 Å². The first-order valence-electron chi connectivity index (χ1n) is 4.68. The average molecular weight is 259 g/mol. The van der Waals surface area contributed by atoms with Crippen LogP contribution in [-0.4, -0.2) is 18.2 Å². The summed E-state index contributed by atoms with van der Waals surface area (Å²) >= 11 is 5.59. The number of furan rings is 1. The van der Waals surface area contributed by atoms with Gasteiger partial charge in [0.2, 0.25) is 5.76 Å². The topological polar surface area (TPSA) is 59.7 Å². The van der Waals surface area contributed by atoms with Crippen LogP contribution in [0.5, 0.6) is 0 Å². The lowest BCUT2D eigenvalue weighted by atomic mass is 10.1. The molecule has 17 heavy (non-hydrogen) atoms. The van der Waals surface area contributed by atoms with E-state index in [1.807, 2.05) is 0 Å². The number of hydrogen-bond acceptors (Lipinski definition) is 3. The van der Waals surface area contributed by atoms with Crippen LogP contribution in [0, 0.1) is 5.82 Å². The van der Waals surface area contributed by atoms with Gasteiger partial charge in [-0.2, -0.15) is 0 Å². The zero-order valence-electron chi connectivity index (χ0n) is 8.79. The number of carbonyl (C=O) groups is 1. The molecule has 1 aromatic carbocycles. The van der Waals surface area contributed by atoms with E-state index in [0.29, 0.717) is 10.9 Å². The second-order valence-corrected chi connectivity index (χ2v) is 3.79. The number of carboxylic acids is 1. The van der Waals surface area contributed by atoms with Crippen molar-refractivity contribution >= 4 is 28.5 Å². The molecular formula is C11H8ClFO4. The quantitative estimate of drug-likeness (QED) is 0.919. The van der Waals surface area contributed by atoms with Crippen molar-refractivity contribution < 1.29 is 23.4 Å². The van der Waals surface area contributed by atoms with E-state index >= 15 is 0 Å². The zero-order chi connectivity index (χ0) is 12.6. The lowest BCUT2D eigenvalue weighted by Gasteiger charge is -1.98. The van der Waals surface area contributed by atoms with Crippen molar-refractivity contribution in [2.45, 2.75) is 6.61 Å². The van der Waals surface area contributed by atoms with Gasteiger partial charge in [0, 0.05) is 18.1 Å². The Bertz CT molecular complexity index is 591. The van der Waals surface area contributed by atoms with Crippen LogP contribution in [0.4, 0.5) is 4.39 Å². The summed E-state index contributed by atoms with van der Waals surface area (Å²) in [5.74, 6) is -2.37. The maximum absolute atomic E-state index is 13.6. The highest BCUT2D eigenvalue weighted by Gasteiger charge is 2.22. The molecule has 4 nitrogen and oxygen atoms in total. The molecule has 0 amide bonds. The van der Waals surface area contributed by atoms with Crippen molar-refractivity contribution in [2.75, 3.05) is 7.11 Å². The number of fused-ring (bicyclic) bond motifs is 1. The lowest BCUT2D eigenvalue weighted by Crippen LogP contribution is -1.99. The van der Waals surface area contributed by atoms with Crippen LogP contribution in [0.1, 0.15) is 16.1 Å². The largest absolute Gasteiger partial charge is 0.475 e. The predicted octanol–water partition coefficient (Wildman–Crippen LogP) is 3.07. The summed E-state index contributed by atoms with van der Waals surface area (Å²) in [5.41, 5.74) is 0.132. The van der Waals surface area contributed by atoms with Crippen LogP contribution in [0.2, 0.25) is 5.02 Å². The molecule has 1 aromatic heterocycles. The Hall–Kier alpha value is -1.59. The molecule has 0 saturated carbocycles. The van der Waals surface area contributed by atoms with E-state index in [-0.39, 0.29) is 23.0 Å². The first kappa shape index (κ1) is 11.9. The van der Waals surface area contributed by atoms with Crippen molar-refractivity contribution in [3.8, 4) is 0 Å². The number of methoxy groups -OCH3 is 1. The van der Waals surface area contributed by atoms with Crippen molar-refractivity contribution in [3.05, 3.63) is 34.3 Å². The maximum atomic E-state index is 13.6. The molecule has 0 saturated heterocycles. The third kappa shape index (κ3) is 1.87. The van der Waals surface area contributed by atoms with E-state index in [4.69, 9.17) is 25.9 Å². The average Bonchev–Trinajstić information content (AvgIpc) is 2.64. The molecule has 0 bridgehead atoms. The van der Waals surface area contributed by atoms with Gasteiger partial charge in [-0.15, -0.1) is 0 Å². The van der Waals surface area contributed by atoms with Crippen LogP contribution in [0.25, 0.3) is 11.0 Å². The number of ether oxygens (including phenoxy) is 1. The Balaban J connectivity index is 2.79. The van der Waals surface area contributed by atoms with E-state index in [2.05, 4.69) is 0 Å². The van der Waals surface area contributed by atoms with E-state index in [0.717, 1.165) is 0 Å². The van der Waals surface area contributed by atoms with Crippen molar-refractivity contribution in [1.82, 2.24) is 0 Å². The Morgan fingerprint density at radius 2 is 2.29 bits per heavy atom. The summed E-state index contributed by atoms with van der Waals surface area (Å²) in [5, 5.41) is 9.18. The summed E-state index contributed by atoms with van der Waals surface area (Å²) < 4.78 is 23.5. The second-order valence-electron chi connectivity index (χ2n) is 3.39. The highest BCUT2D eigenvalue weighted by molar-refractivity contribution is 6.31. The third-order valence-corrected chi connectivity index (χ3v) is 2.63. The summed E-state index contributed by atoms with van der Waals surface area (Å²) in [6.07, 6.45) is 0. The standard InChI is InChI=1S/C11H8ClFO4/c1-16-4-6-5-2-3-7(12)8(13)9(5)17-10(6)11(14)15/h2-3H,4H2,1H3,(H,14,15). The smallest absolute Gasteiger partial charge is 0.372 e. The summed E-state index contributed by atoms with van der Waals surface area (Å²) in [4.78, 5) is 11.0. The van der Waals surface area contributed by atoms with Gasteiger partial charge in [0.1, 0.15) is 0 Å². The van der Waals surface area contributed by atoms with Gasteiger partial charge in [0.15, 0.2) is 11.4 Å².